The summed E-state index contributed by atoms with van der Waals surface area (Å²) in [6.07, 6.45) is 2.97. The van der Waals surface area contributed by atoms with Crippen molar-refractivity contribution < 1.29 is 18.8 Å². The molecule has 1 aromatic heterocycles. The number of urea groups is 1. The van der Waals surface area contributed by atoms with E-state index in [1.165, 1.54) is 18.2 Å². The monoisotopic (exact) mass is 510 g/mol. The van der Waals surface area contributed by atoms with Crippen LogP contribution in [0.3, 0.4) is 0 Å². The molecule has 0 atom stereocenters. The Bertz CT molecular complexity index is 1150. The van der Waals surface area contributed by atoms with Gasteiger partial charge in [0.2, 0.25) is 0 Å². The van der Waals surface area contributed by atoms with Gasteiger partial charge >= 0.3 is 6.03 Å². The Morgan fingerprint density at radius 1 is 1.05 bits per heavy atom. The third-order valence-electron chi connectivity index (χ3n) is 6.48. The number of piperazine rings is 1. The van der Waals surface area contributed by atoms with Crippen molar-refractivity contribution in [3.8, 4) is 0 Å². The molecule has 3 N–H and O–H groups in total. The van der Waals surface area contributed by atoms with Crippen molar-refractivity contribution in [3.05, 3.63) is 59.2 Å². The molecule has 37 heavy (non-hydrogen) atoms. The van der Waals surface area contributed by atoms with Gasteiger partial charge in [0.25, 0.3) is 11.8 Å². The van der Waals surface area contributed by atoms with E-state index in [-0.39, 0.29) is 34.6 Å². The van der Waals surface area contributed by atoms with Crippen molar-refractivity contribution in [1.82, 2.24) is 25.4 Å². The Labute approximate surface area is 216 Å². The molecular formula is C27H35FN6O3. The first kappa shape index (κ1) is 26.5. The zero-order valence-corrected chi connectivity index (χ0v) is 21.6. The highest BCUT2D eigenvalue weighted by atomic mass is 19.1. The number of amides is 4. The van der Waals surface area contributed by atoms with Gasteiger partial charge in [-0.15, -0.1) is 0 Å². The molecule has 1 aliphatic carbocycles. The summed E-state index contributed by atoms with van der Waals surface area (Å²) in [5.41, 5.74) is 1.11. The minimum Gasteiger partial charge on any atom is -0.346 e. The number of nitrogens with zero attached hydrogens (tertiary/aromatic N) is 3. The molecule has 1 saturated carbocycles. The molecule has 10 heteroatoms. The Morgan fingerprint density at radius 2 is 1.78 bits per heavy atom. The number of carbonyl (C=O) groups excluding carboxylic acids is 3. The molecule has 0 bridgehead atoms. The fraction of sp³-hybridized carbons (Fsp3) is 0.481. The highest BCUT2D eigenvalue weighted by molar-refractivity contribution is 5.96. The second-order valence-electron chi connectivity index (χ2n) is 10.7. The van der Waals surface area contributed by atoms with Crippen molar-refractivity contribution in [1.29, 1.82) is 0 Å². The number of benzene rings is 1. The van der Waals surface area contributed by atoms with Gasteiger partial charge in [-0.1, -0.05) is 6.07 Å². The van der Waals surface area contributed by atoms with Crippen LogP contribution >= 0.6 is 0 Å². The van der Waals surface area contributed by atoms with Crippen LogP contribution in [0.2, 0.25) is 0 Å². The van der Waals surface area contributed by atoms with Crippen LogP contribution in [0.5, 0.6) is 0 Å². The van der Waals surface area contributed by atoms with E-state index in [0.29, 0.717) is 38.4 Å². The van der Waals surface area contributed by atoms with Crippen LogP contribution in [-0.4, -0.2) is 70.4 Å². The molecule has 2 aromatic rings. The normalized spacial score (nSPS) is 16.6. The second kappa shape index (κ2) is 11.2. The van der Waals surface area contributed by atoms with Crippen LogP contribution in [0.4, 0.5) is 14.9 Å². The second-order valence-corrected chi connectivity index (χ2v) is 10.7. The van der Waals surface area contributed by atoms with Crippen molar-refractivity contribution in [2.24, 2.45) is 0 Å². The van der Waals surface area contributed by atoms with Crippen LogP contribution in [-0.2, 0) is 6.54 Å². The molecule has 9 nitrogen and oxygen atoms in total. The number of aromatic nitrogens is 1. The fourth-order valence-electron chi connectivity index (χ4n) is 4.27. The average molecular weight is 511 g/mol. The number of carbonyl (C=O) groups is 3. The summed E-state index contributed by atoms with van der Waals surface area (Å²) in [6.45, 7) is 8.59. The van der Waals surface area contributed by atoms with Gasteiger partial charge < -0.3 is 20.9 Å². The first-order valence-corrected chi connectivity index (χ1v) is 12.7. The lowest BCUT2D eigenvalue weighted by Crippen LogP contribution is -2.48. The van der Waals surface area contributed by atoms with E-state index in [1.807, 2.05) is 32.9 Å². The Kier molecular flexibility index (Phi) is 8.06. The predicted molar refractivity (Wildman–Crippen MR) is 139 cm³/mol. The summed E-state index contributed by atoms with van der Waals surface area (Å²) in [7, 11) is 0. The van der Waals surface area contributed by atoms with Crippen molar-refractivity contribution in [3.63, 3.8) is 0 Å². The fourth-order valence-corrected chi connectivity index (χ4v) is 4.27. The summed E-state index contributed by atoms with van der Waals surface area (Å²) >= 11 is 0. The van der Waals surface area contributed by atoms with E-state index in [9.17, 15) is 18.8 Å². The van der Waals surface area contributed by atoms with E-state index >= 15 is 0 Å². The van der Waals surface area contributed by atoms with Crippen LogP contribution in [0.1, 0.15) is 66.6 Å². The molecule has 198 valence electrons. The highest BCUT2D eigenvalue weighted by Gasteiger charge is 2.24. The Balaban J connectivity index is 1.28. The summed E-state index contributed by atoms with van der Waals surface area (Å²) in [4.78, 5) is 45.8. The average Bonchev–Trinajstić information content (AvgIpc) is 2.82. The van der Waals surface area contributed by atoms with Gasteiger partial charge in [-0.25, -0.2) is 14.2 Å². The molecule has 0 spiro atoms. The molecule has 2 fully saturated rings. The number of halogens is 1. The first-order chi connectivity index (χ1) is 17.6. The maximum absolute atomic E-state index is 14.6. The van der Waals surface area contributed by atoms with E-state index in [4.69, 9.17) is 0 Å². The highest BCUT2D eigenvalue weighted by Crippen LogP contribution is 2.20. The molecule has 4 rings (SSSR count). The molecule has 0 unspecified atom stereocenters. The van der Waals surface area contributed by atoms with E-state index < -0.39 is 11.8 Å². The quantitative estimate of drug-likeness (QED) is 0.553. The lowest BCUT2D eigenvalue weighted by molar-refractivity contribution is 0.0626. The van der Waals surface area contributed by atoms with Gasteiger partial charge in [0.05, 0.1) is 11.4 Å². The zero-order chi connectivity index (χ0) is 26.6. The molecule has 2 aliphatic rings. The molecule has 1 aromatic carbocycles. The van der Waals surface area contributed by atoms with E-state index in [2.05, 4.69) is 25.8 Å². The number of nitrogens with one attached hydrogen (secondary N) is 3. The summed E-state index contributed by atoms with van der Waals surface area (Å²) < 4.78 is 14.6. The van der Waals surface area contributed by atoms with Crippen LogP contribution in [0.25, 0.3) is 0 Å². The van der Waals surface area contributed by atoms with Gasteiger partial charge in [-0.3, -0.25) is 14.5 Å². The van der Waals surface area contributed by atoms with Gasteiger partial charge in [0, 0.05) is 49.9 Å². The number of anilines is 1. The molecule has 2 heterocycles. The molecule has 1 aliphatic heterocycles. The number of rotatable bonds is 6. The van der Waals surface area contributed by atoms with Crippen LogP contribution in [0.15, 0.2) is 36.4 Å². The van der Waals surface area contributed by atoms with Gasteiger partial charge in [-0.05, 0) is 70.4 Å². The maximum atomic E-state index is 14.6. The minimum atomic E-state index is -0.644. The maximum Gasteiger partial charge on any atom is 0.319 e. The third-order valence-corrected chi connectivity index (χ3v) is 6.48. The largest absolute Gasteiger partial charge is 0.346 e. The predicted octanol–water partition coefficient (Wildman–Crippen LogP) is 3.38. The molecular weight excluding hydrogens is 475 g/mol. The zero-order valence-electron chi connectivity index (χ0n) is 21.6. The molecule has 0 radical (unpaired) electrons. The minimum absolute atomic E-state index is 0.0455. The lowest BCUT2D eigenvalue weighted by Gasteiger charge is -2.34. The lowest BCUT2D eigenvalue weighted by atomic mass is 9.93. The van der Waals surface area contributed by atoms with Gasteiger partial charge in [0.15, 0.2) is 0 Å². The van der Waals surface area contributed by atoms with Crippen molar-refractivity contribution in [2.45, 2.75) is 58.2 Å². The van der Waals surface area contributed by atoms with Crippen LogP contribution < -0.4 is 16.0 Å². The summed E-state index contributed by atoms with van der Waals surface area (Å²) in [5.74, 6) is -1.10. The number of hydrogen-bond donors (Lipinski definition) is 3. The smallest absolute Gasteiger partial charge is 0.319 e. The number of hydrogen-bond acceptors (Lipinski definition) is 5. The Hall–Kier alpha value is -3.53. The first-order valence-electron chi connectivity index (χ1n) is 12.7. The van der Waals surface area contributed by atoms with Gasteiger partial charge in [0.1, 0.15) is 11.5 Å². The molecule has 1 saturated heterocycles. The summed E-state index contributed by atoms with van der Waals surface area (Å²) in [6, 6.07) is 9.25. The van der Waals surface area contributed by atoms with E-state index in [0.717, 1.165) is 25.0 Å². The SMILES string of the molecule is CC(C)(C)NC(=O)c1cccc(CN2CCN(C(=O)c3ccc(NC(=O)NC4CCC4)c(F)c3)CC2)n1. The van der Waals surface area contributed by atoms with Crippen molar-refractivity contribution in [2.75, 3.05) is 31.5 Å². The third kappa shape index (κ3) is 7.25. The van der Waals surface area contributed by atoms with Crippen molar-refractivity contribution >= 4 is 23.5 Å². The molecule has 4 amide bonds. The topological polar surface area (TPSA) is 107 Å². The number of pyridine rings is 1. The summed E-state index contributed by atoms with van der Waals surface area (Å²) in [5, 5.41) is 8.24. The standard InChI is InChI=1S/C27H35FN6O3/c1-27(2,3)32-24(35)23-9-5-8-20(29-23)17-33-12-14-34(15-13-33)25(36)18-10-11-22(21(28)16-18)31-26(37)30-19-6-4-7-19/h5,8-11,16,19H,4,6-7,12-15,17H2,1-3H3,(H,32,35)(H2,30,31,37). The Morgan fingerprint density at radius 3 is 2.41 bits per heavy atom. The van der Waals surface area contributed by atoms with Crippen LogP contribution in [0, 0.1) is 5.82 Å². The van der Waals surface area contributed by atoms with Gasteiger partial charge in [-0.2, -0.15) is 0 Å². The van der Waals surface area contributed by atoms with E-state index in [1.54, 1.807) is 11.0 Å².